The maximum atomic E-state index is 11.3. The second-order valence-electron chi connectivity index (χ2n) is 3.25. The van der Waals surface area contributed by atoms with E-state index in [9.17, 15) is 4.79 Å². The molecule has 0 saturated carbocycles. The van der Waals surface area contributed by atoms with Gasteiger partial charge in [0, 0.05) is 0 Å². The molecule has 0 aromatic rings. The van der Waals surface area contributed by atoms with Crippen molar-refractivity contribution in [2.24, 2.45) is 0 Å². The summed E-state index contributed by atoms with van der Waals surface area (Å²) in [5.41, 5.74) is -0.558. The van der Waals surface area contributed by atoms with Gasteiger partial charge in [0.15, 0.2) is 0 Å². The molecule has 0 amide bonds. The lowest BCUT2D eigenvalue weighted by molar-refractivity contribution is -0.148. The fourth-order valence-electron chi connectivity index (χ4n) is 1.15. The predicted octanol–water partition coefficient (Wildman–Crippen LogP) is 1.49. The summed E-state index contributed by atoms with van der Waals surface area (Å²) in [7, 11) is 3.18. The molecule has 0 aliphatic carbocycles. The number of allylic oxidation sites excluding steroid dienone is 1. The van der Waals surface area contributed by atoms with Gasteiger partial charge in [0.05, 0.1) is 7.11 Å². The van der Waals surface area contributed by atoms with Crippen LogP contribution in [0.5, 0.6) is 0 Å². The van der Waals surface area contributed by atoms with Crippen LogP contribution in [-0.2, 0) is 9.53 Å². The molecule has 0 radical (unpaired) electrons. The van der Waals surface area contributed by atoms with Gasteiger partial charge in [-0.05, 0) is 33.2 Å². The Bertz CT molecular complexity index is 180. The Morgan fingerprint density at radius 1 is 1.69 bits per heavy atom. The van der Waals surface area contributed by atoms with E-state index in [2.05, 4.69) is 11.9 Å². The van der Waals surface area contributed by atoms with E-state index in [-0.39, 0.29) is 5.97 Å². The predicted molar refractivity (Wildman–Crippen MR) is 53.5 cm³/mol. The number of rotatable bonds is 6. The highest BCUT2D eigenvalue weighted by Crippen LogP contribution is 2.15. The van der Waals surface area contributed by atoms with Crippen LogP contribution < -0.4 is 5.32 Å². The van der Waals surface area contributed by atoms with Crippen LogP contribution >= 0.6 is 0 Å². The number of likely N-dealkylation sites (N-methyl/N-ethyl adjacent to an activating group) is 1. The van der Waals surface area contributed by atoms with Crippen molar-refractivity contribution in [2.45, 2.75) is 31.7 Å². The summed E-state index contributed by atoms with van der Waals surface area (Å²) in [4.78, 5) is 11.3. The van der Waals surface area contributed by atoms with Crippen molar-refractivity contribution in [3.8, 4) is 0 Å². The van der Waals surface area contributed by atoms with Crippen molar-refractivity contribution in [1.29, 1.82) is 0 Å². The Labute approximate surface area is 80.2 Å². The number of carbonyl (C=O) groups is 1. The molecule has 1 atom stereocenters. The van der Waals surface area contributed by atoms with E-state index in [0.717, 1.165) is 19.3 Å². The molecular formula is C10H19NO2. The first-order chi connectivity index (χ1) is 6.10. The second-order valence-corrected chi connectivity index (χ2v) is 3.25. The molecule has 0 bridgehead atoms. The summed E-state index contributed by atoms with van der Waals surface area (Å²) in [6.07, 6.45) is 4.49. The Balaban J connectivity index is 4.10. The highest BCUT2D eigenvalue weighted by atomic mass is 16.5. The summed E-state index contributed by atoms with van der Waals surface area (Å²) < 4.78 is 4.71. The molecule has 0 heterocycles. The molecule has 1 N–H and O–H groups in total. The third kappa shape index (κ3) is 3.59. The highest BCUT2D eigenvalue weighted by Gasteiger charge is 2.31. The fourth-order valence-corrected chi connectivity index (χ4v) is 1.15. The van der Waals surface area contributed by atoms with Crippen molar-refractivity contribution in [2.75, 3.05) is 14.2 Å². The van der Waals surface area contributed by atoms with Crippen molar-refractivity contribution in [3.05, 3.63) is 12.7 Å². The van der Waals surface area contributed by atoms with Crippen molar-refractivity contribution >= 4 is 5.97 Å². The lowest BCUT2D eigenvalue weighted by Crippen LogP contribution is -2.48. The maximum absolute atomic E-state index is 11.3. The lowest BCUT2D eigenvalue weighted by atomic mass is 9.95. The first kappa shape index (κ1) is 12.2. The van der Waals surface area contributed by atoms with Crippen molar-refractivity contribution in [1.82, 2.24) is 5.32 Å². The molecule has 0 rings (SSSR count). The second kappa shape index (κ2) is 5.75. The van der Waals surface area contributed by atoms with E-state index in [4.69, 9.17) is 4.74 Å². The number of ether oxygens (including phenoxy) is 1. The topological polar surface area (TPSA) is 38.3 Å². The minimum absolute atomic E-state index is 0.209. The van der Waals surface area contributed by atoms with Crippen LogP contribution in [0, 0.1) is 0 Å². The first-order valence-electron chi connectivity index (χ1n) is 4.49. The monoisotopic (exact) mass is 185 g/mol. The van der Waals surface area contributed by atoms with Gasteiger partial charge >= 0.3 is 5.97 Å². The minimum atomic E-state index is -0.558. The first-order valence-corrected chi connectivity index (χ1v) is 4.49. The number of nitrogens with one attached hydrogen (secondary N) is 1. The van der Waals surface area contributed by atoms with Gasteiger partial charge in [-0.3, -0.25) is 4.79 Å². The van der Waals surface area contributed by atoms with Crippen molar-refractivity contribution in [3.63, 3.8) is 0 Å². The summed E-state index contributed by atoms with van der Waals surface area (Å²) >= 11 is 0. The summed E-state index contributed by atoms with van der Waals surface area (Å²) in [5.74, 6) is -0.209. The van der Waals surface area contributed by atoms with Gasteiger partial charge in [-0.25, -0.2) is 0 Å². The maximum Gasteiger partial charge on any atom is 0.325 e. The third-order valence-electron chi connectivity index (χ3n) is 2.27. The minimum Gasteiger partial charge on any atom is -0.468 e. The Morgan fingerprint density at radius 3 is 2.69 bits per heavy atom. The third-order valence-corrected chi connectivity index (χ3v) is 2.27. The molecule has 0 spiro atoms. The van der Waals surface area contributed by atoms with Gasteiger partial charge in [0.2, 0.25) is 0 Å². The number of hydrogen-bond donors (Lipinski definition) is 1. The largest absolute Gasteiger partial charge is 0.468 e. The molecule has 0 aliphatic heterocycles. The molecule has 3 nitrogen and oxygen atoms in total. The zero-order valence-electron chi connectivity index (χ0n) is 8.72. The van der Waals surface area contributed by atoms with E-state index >= 15 is 0 Å². The average Bonchev–Trinajstić information content (AvgIpc) is 2.16. The number of hydrogen-bond acceptors (Lipinski definition) is 3. The molecule has 0 fully saturated rings. The normalized spacial score (nSPS) is 14.7. The van der Waals surface area contributed by atoms with Gasteiger partial charge in [-0.1, -0.05) is 6.08 Å². The number of unbranched alkanes of at least 4 members (excludes halogenated alkanes) is 1. The Kier molecular flexibility index (Phi) is 5.39. The molecule has 76 valence electrons. The SMILES string of the molecule is C=CCCC[C@](C)(NC)C(=O)OC. The fraction of sp³-hybridized carbons (Fsp3) is 0.700. The van der Waals surface area contributed by atoms with E-state index in [1.54, 1.807) is 7.05 Å². The Morgan fingerprint density at radius 2 is 2.31 bits per heavy atom. The van der Waals surface area contributed by atoms with Gasteiger partial charge in [-0.15, -0.1) is 6.58 Å². The summed E-state index contributed by atoms with van der Waals surface area (Å²) in [6.45, 7) is 5.48. The lowest BCUT2D eigenvalue weighted by Gasteiger charge is -2.25. The molecule has 0 aromatic carbocycles. The van der Waals surface area contributed by atoms with Crippen molar-refractivity contribution < 1.29 is 9.53 Å². The van der Waals surface area contributed by atoms with E-state index in [1.165, 1.54) is 7.11 Å². The average molecular weight is 185 g/mol. The van der Waals surface area contributed by atoms with Crippen LogP contribution in [0.3, 0.4) is 0 Å². The molecule has 0 unspecified atom stereocenters. The number of esters is 1. The smallest absolute Gasteiger partial charge is 0.325 e. The molecule has 3 heteroatoms. The van der Waals surface area contributed by atoms with Crippen LogP contribution in [0.4, 0.5) is 0 Å². The van der Waals surface area contributed by atoms with Crippen LogP contribution in [0.25, 0.3) is 0 Å². The number of methoxy groups -OCH3 is 1. The molecule has 0 saturated heterocycles. The summed E-state index contributed by atoms with van der Waals surface area (Å²) in [6, 6.07) is 0. The summed E-state index contributed by atoms with van der Waals surface area (Å²) in [5, 5.41) is 2.98. The van der Waals surface area contributed by atoms with E-state index < -0.39 is 5.54 Å². The van der Waals surface area contributed by atoms with Gasteiger partial charge < -0.3 is 10.1 Å². The van der Waals surface area contributed by atoms with Crippen LogP contribution in [0.2, 0.25) is 0 Å². The van der Waals surface area contributed by atoms with Gasteiger partial charge in [-0.2, -0.15) is 0 Å². The quantitative estimate of drug-likeness (QED) is 0.387. The van der Waals surface area contributed by atoms with Gasteiger partial charge in [0.1, 0.15) is 5.54 Å². The zero-order chi connectivity index (χ0) is 10.3. The van der Waals surface area contributed by atoms with Crippen LogP contribution in [-0.4, -0.2) is 25.7 Å². The van der Waals surface area contributed by atoms with Gasteiger partial charge in [0.25, 0.3) is 0 Å². The van der Waals surface area contributed by atoms with E-state index in [1.807, 2.05) is 13.0 Å². The molecule has 0 aliphatic rings. The standard InChI is InChI=1S/C10H19NO2/c1-5-6-7-8-10(2,11-3)9(12)13-4/h5,11H,1,6-8H2,2-4H3/t10-/m0/s1. The zero-order valence-corrected chi connectivity index (χ0v) is 8.72. The molecule has 13 heavy (non-hydrogen) atoms. The molecule has 0 aromatic heterocycles. The molecular weight excluding hydrogens is 166 g/mol. The van der Waals surface area contributed by atoms with E-state index in [0.29, 0.717) is 0 Å². The number of carbonyl (C=O) groups excluding carboxylic acids is 1. The van der Waals surface area contributed by atoms with Crippen LogP contribution in [0.15, 0.2) is 12.7 Å². The van der Waals surface area contributed by atoms with Crippen LogP contribution in [0.1, 0.15) is 26.2 Å². The highest BCUT2D eigenvalue weighted by molar-refractivity contribution is 5.80. The Hall–Kier alpha value is -0.830.